The van der Waals surface area contributed by atoms with Crippen LogP contribution < -0.4 is 0 Å². The first-order chi connectivity index (χ1) is 13.5. The molecule has 0 aromatic heterocycles. The molecule has 5 nitrogen and oxygen atoms in total. The van der Waals surface area contributed by atoms with E-state index in [2.05, 4.69) is 22.9 Å². The van der Waals surface area contributed by atoms with Crippen LogP contribution in [-0.2, 0) is 16.0 Å². The molecule has 148 valence electrons. The first-order valence-electron chi connectivity index (χ1n) is 9.48. The van der Waals surface area contributed by atoms with Crippen molar-refractivity contribution >= 4 is 27.9 Å². The molecule has 0 spiro atoms. The first-order valence-corrected chi connectivity index (χ1v) is 10.4. The van der Waals surface area contributed by atoms with Gasteiger partial charge < -0.3 is 9.84 Å². The third kappa shape index (κ3) is 4.45. The maximum absolute atomic E-state index is 13.0. The van der Waals surface area contributed by atoms with E-state index in [0.717, 1.165) is 29.7 Å². The number of hydrogen-bond acceptors (Lipinski definition) is 4. The minimum absolute atomic E-state index is 0.108. The van der Waals surface area contributed by atoms with Crippen molar-refractivity contribution in [2.45, 2.75) is 43.2 Å². The van der Waals surface area contributed by atoms with Gasteiger partial charge in [0.1, 0.15) is 23.6 Å². The van der Waals surface area contributed by atoms with Crippen LogP contribution in [-0.4, -0.2) is 33.4 Å². The molecule has 3 rings (SSSR count). The van der Waals surface area contributed by atoms with E-state index in [-0.39, 0.29) is 6.61 Å². The van der Waals surface area contributed by atoms with Gasteiger partial charge >= 0.3 is 6.09 Å². The van der Waals surface area contributed by atoms with Gasteiger partial charge in [0.2, 0.25) is 5.91 Å². The van der Waals surface area contributed by atoms with E-state index in [9.17, 15) is 14.7 Å². The number of aliphatic hydroxyl groups excluding tert-OH is 1. The summed E-state index contributed by atoms with van der Waals surface area (Å²) >= 11 is 3.29. The number of ether oxygens (including phenoxy) is 1. The summed E-state index contributed by atoms with van der Waals surface area (Å²) < 4.78 is 5.11. The highest BCUT2D eigenvalue weighted by Gasteiger charge is 2.42. The Morgan fingerprint density at radius 1 is 1.21 bits per heavy atom. The number of aliphatic hydroxyl groups is 1. The van der Waals surface area contributed by atoms with Gasteiger partial charge in [-0.3, -0.25) is 4.79 Å². The standard InChI is InChI=1S/C22H24BrNO4/c1-2-3-7-15-10-12-17(13-11-15)20(25)19(23)21(26)24-18(14-28-22(24)27)16-8-5-4-6-9-16/h4-6,8-13,18-20,25H,2-3,7,14H2,1H3/t18-,19+,20+/m1/s1. The zero-order chi connectivity index (χ0) is 20.1. The number of nitrogens with zero attached hydrogens (tertiary/aromatic N) is 1. The number of carbonyl (C=O) groups is 2. The van der Waals surface area contributed by atoms with Crippen LogP contribution in [0.5, 0.6) is 0 Å². The number of benzene rings is 2. The summed E-state index contributed by atoms with van der Waals surface area (Å²) in [5.41, 5.74) is 2.64. The normalized spacial score (nSPS) is 18.6. The molecule has 2 aromatic rings. The van der Waals surface area contributed by atoms with Crippen molar-refractivity contribution < 1.29 is 19.4 Å². The Kier molecular flexibility index (Phi) is 6.86. The van der Waals surface area contributed by atoms with E-state index < -0.39 is 29.0 Å². The Morgan fingerprint density at radius 3 is 2.54 bits per heavy atom. The fraction of sp³-hybridized carbons (Fsp3) is 0.364. The zero-order valence-corrected chi connectivity index (χ0v) is 17.3. The van der Waals surface area contributed by atoms with Gasteiger partial charge in [-0.05, 0) is 29.5 Å². The molecule has 1 fully saturated rings. The van der Waals surface area contributed by atoms with Crippen molar-refractivity contribution in [1.29, 1.82) is 0 Å². The average Bonchev–Trinajstić information content (AvgIpc) is 3.13. The molecule has 1 aliphatic heterocycles. The van der Waals surface area contributed by atoms with Crippen LogP contribution in [0.2, 0.25) is 0 Å². The van der Waals surface area contributed by atoms with Crippen LogP contribution in [0.1, 0.15) is 48.6 Å². The van der Waals surface area contributed by atoms with E-state index in [0.29, 0.717) is 5.56 Å². The second-order valence-corrected chi connectivity index (χ2v) is 7.89. The molecule has 28 heavy (non-hydrogen) atoms. The minimum atomic E-state index is -1.07. The van der Waals surface area contributed by atoms with Gasteiger partial charge in [0.25, 0.3) is 0 Å². The fourth-order valence-electron chi connectivity index (χ4n) is 3.28. The highest BCUT2D eigenvalue weighted by Crippen LogP contribution is 2.32. The maximum atomic E-state index is 13.0. The number of imide groups is 1. The number of carbonyl (C=O) groups excluding carboxylic acids is 2. The fourth-order valence-corrected chi connectivity index (χ4v) is 3.81. The van der Waals surface area contributed by atoms with Gasteiger partial charge in [0.15, 0.2) is 0 Å². The van der Waals surface area contributed by atoms with E-state index >= 15 is 0 Å². The highest BCUT2D eigenvalue weighted by molar-refractivity contribution is 9.10. The second-order valence-electron chi connectivity index (χ2n) is 6.90. The molecule has 2 amide bonds. The molecule has 1 N–H and O–H groups in total. The molecule has 0 bridgehead atoms. The molecule has 3 atom stereocenters. The molecular weight excluding hydrogens is 422 g/mol. The molecule has 2 aromatic carbocycles. The predicted octanol–water partition coefficient (Wildman–Crippen LogP) is 4.55. The third-order valence-corrected chi connectivity index (χ3v) is 5.84. The lowest BCUT2D eigenvalue weighted by molar-refractivity contribution is -0.130. The number of unbranched alkanes of at least 4 members (excludes halogenated alkanes) is 1. The van der Waals surface area contributed by atoms with Crippen LogP contribution in [0.3, 0.4) is 0 Å². The summed E-state index contributed by atoms with van der Waals surface area (Å²) in [6.07, 6.45) is 1.46. The van der Waals surface area contributed by atoms with E-state index in [1.54, 1.807) is 0 Å². The number of hydrogen-bond donors (Lipinski definition) is 1. The van der Waals surface area contributed by atoms with Crippen molar-refractivity contribution in [2.24, 2.45) is 0 Å². The van der Waals surface area contributed by atoms with E-state index in [4.69, 9.17) is 4.74 Å². The average molecular weight is 446 g/mol. The van der Waals surface area contributed by atoms with Gasteiger partial charge in [-0.25, -0.2) is 9.69 Å². The predicted molar refractivity (Wildman–Crippen MR) is 110 cm³/mol. The smallest absolute Gasteiger partial charge is 0.417 e. The molecule has 0 aliphatic carbocycles. The number of aryl methyl sites for hydroxylation is 1. The summed E-state index contributed by atoms with van der Waals surface area (Å²) in [5, 5.41) is 10.7. The third-order valence-electron chi connectivity index (χ3n) is 4.95. The van der Waals surface area contributed by atoms with Gasteiger partial charge in [-0.2, -0.15) is 0 Å². The van der Waals surface area contributed by atoms with Crippen LogP contribution in [0, 0.1) is 0 Å². The number of amides is 2. The number of alkyl halides is 1. The van der Waals surface area contributed by atoms with Crippen molar-refractivity contribution in [1.82, 2.24) is 4.90 Å². The molecule has 1 heterocycles. The summed E-state index contributed by atoms with van der Waals surface area (Å²) in [5.74, 6) is -0.515. The number of cyclic esters (lactones) is 1. The summed E-state index contributed by atoms with van der Waals surface area (Å²) in [7, 11) is 0. The SMILES string of the molecule is CCCCc1ccc([C@H](O)[C@H](Br)C(=O)N2C(=O)OC[C@@H]2c2ccccc2)cc1. The van der Waals surface area contributed by atoms with Crippen LogP contribution in [0.4, 0.5) is 4.79 Å². The maximum Gasteiger partial charge on any atom is 0.417 e. The van der Waals surface area contributed by atoms with Crippen LogP contribution in [0.15, 0.2) is 54.6 Å². The van der Waals surface area contributed by atoms with Crippen molar-refractivity contribution in [2.75, 3.05) is 6.61 Å². The van der Waals surface area contributed by atoms with E-state index in [1.807, 2.05) is 54.6 Å². The lowest BCUT2D eigenvalue weighted by Crippen LogP contribution is -2.41. The Bertz CT molecular complexity index is 809. The first kappa shape index (κ1) is 20.6. The van der Waals surface area contributed by atoms with Gasteiger partial charge in [0.05, 0.1) is 0 Å². The van der Waals surface area contributed by atoms with Crippen molar-refractivity contribution in [3.8, 4) is 0 Å². The van der Waals surface area contributed by atoms with Gasteiger partial charge in [0, 0.05) is 0 Å². The Balaban J connectivity index is 1.74. The Morgan fingerprint density at radius 2 is 1.89 bits per heavy atom. The minimum Gasteiger partial charge on any atom is -0.446 e. The van der Waals surface area contributed by atoms with Gasteiger partial charge in [-0.15, -0.1) is 0 Å². The van der Waals surface area contributed by atoms with Crippen LogP contribution >= 0.6 is 15.9 Å². The summed E-state index contributed by atoms with van der Waals surface area (Å²) in [6, 6.07) is 16.4. The Labute approximate surface area is 173 Å². The molecule has 0 radical (unpaired) electrons. The largest absolute Gasteiger partial charge is 0.446 e. The topological polar surface area (TPSA) is 66.8 Å². The monoisotopic (exact) mass is 445 g/mol. The van der Waals surface area contributed by atoms with Crippen LogP contribution in [0.25, 0.3) is 0 Å². The molecule has 1 aliphatic rings. The molecular formula is C22H24BrNO4. The van der Waals surface area contributed by atoms with Gasteiger partial charge in [-0.1, -0.05) is 83.9 Å². The zero-order valence-electron chi connectivity index (χ0n) is 15.8. The lowest BCUT2D eigenvalue weighted by Gasteiger charge is -2.25. The molecule has 1 saturated heterocycles. The van der Waals surface area contributed by atoms with E-state index in [1.165, 1.54) is 5.56 Å². The lowest BCUT2D eigenvalue weighted by atomic mass is 10.0. The molecule has 0 unspecified atom stereocenters. The van der Waals surface area contributed by atoms with Crippen molar-refractivity contribution in [3.63, 3.8) is 0 Å². The van der Waals surface area contributed by atoms with Crippen molar-refractivity contribution in [3.05, 3.63) is 71.3 Å². The molecule has 6 heteroatoms. The summed E-state index contributed by atoms with van der Waals surface area (Å²) in [6.45, 7) is 2.25. The highest BCUT2D eigenvalue weighted by atomic mass is 79.9. The summed E-state index contributed by atoms with van der Waals surface area (Å²) in [4.78, 5) is 25.3. The quantitative estimate of drug-likeness (QED) is 0.634. The molecule has 0 saturated carbocycles. The number of rotatable bonds is 7. The second kappa shape index (κ2) is 9.34. The Hall–Kier alpha value is -2.18. The number of halogens is 1.